The summed E-state index contributed by atoms with van der Waals surface area (Å²) in [7, 11) is 1.62. The molecule has 1 aliphatic heterocycles. The van der Waals surface area contributed by atoms with Gasteiger partial charge in [-0.05, 0) is 36.8 Å². The monoisotopic (exact) mass is 357 g/mol. The lowest BCUT2D eigenvalue weighted by Gasteiger charge is -2.18. The van der Waals surface area contributed by atoms with Gasteiger partial charge in [0.05, 0.1) is 6.54 Å². The number of furan rings is 1. The van der Waals surface area contributed by atoms with E-state index in [0.29, 0.717) is 36.2 Å². The fourth-order valence-corrected chi connectivity index (χ4v) is 2.60. The lowest BCUT2D eigenvalue weighted by Crippen LogP contribution is -2.23. The normalized spacial score (nSPS) is 13.0. The van der Waals surface area contributed by atoms with Crippen LogP contribution in [-0.2, 0) is 11.3 Å². The van der Waals surface area contributed by atoms with Crippen LogP contribution in [0.1, 0.15) is 27.4 Å². The number of aryl methyl sites for hydroxylation is 1. The van der Waals surface area contributed by atoms with E-state index in [9.17, 15) is 9.59 Å². The molecule has 1 amide bonds. The van der Waals surface area contributed by atoms with E-state index in [2.05, 4.69) is 0 Å². The maximum absolute atomic E-state index is 12.3. The van der Waals surface area contributed by atoms with Crippen LogP contribution >= 0.6 is 0 Å². The highest BCUT2D eigenvalue weighted by Gasteiger charge is 2.16. The smallest absolute Gasteiger partial charge is 0.339 e. The number of ether oxygens (including phenoxy) is 2. The van der Waals surface area contributed by atoms with Gasteiger partial charge in [-0.2, -0.15) is 0 Å². The molecule has 3 rings (SSSR count). The number of hydrogen-bond donors (Lipinski definition) is 1. The first kappa shape index (κ1) is 17.6. The topological polar surface area (TPSA) is 89.2 Å². The van der Waals surface area contributed by atoms with E-state index >= 15 is 0 Å². The molecule has 26 heavy (non-hydrogen) atoms. The molecule has 0 fully saturated rings. The van der Waals surface area contributed by atoms with Crippen LogP contribution in [0, 0.1) is 6.92 Å². The van der Waals surface area contributed by atoms with Gasteiger partial charge < -0.3 is 23.9 Å². The third-order valence-corrected chi connectivity index (χ3v) is 3.95. The minimum absolute atomic E-state index is 0.104. The number of fused-ring (bicyclic) bond motifs is 1. The zero-order valence-corrected chi connectivity index (χ0v) is 14.5. The molecule has 0 radical (unpaired) electrons. The lowest BCUT2D eigenvalue weighted by molar-refractivity contribution is -0.125. The van der Waals surface area contributed by atoms with Gasteiger partial charge in [-0.15, -0.1) is 0 Å². The lowest BCUT2D eigenvalue weighted by atomic mass is 10.1. The second-order valence-corrected chi connectivity index (χ2v) is 5.92. The number of hydrogen-bond acceptors (Lipinski definition) is 5. The molecule has 7 heteroatoms. The zero-order valence-electron chi connectivity index (χ0n) is 14.5. The van der Waals surface area contributed by atoms with Gasteiger partial charge in [-0.1, -0.05) is 6.07 Å². The maximum Gasteiger partial charge on any atom is 0.339 e. The van der Waals surface area contributed by atoms with Gasteiger partial charge in [0, 0.05) is 13.1 Å². The number of amides is 1. The average molecular weight is 357 g/mol. The molecule has 0 atom stereocenters. The summed E-state index contributed by atoms with van der Waals surface area (Å²) in [6.45, 7) is 2.79. The number of benzene rings is 1. The molecule has 0 spiro atoms. The molecular formula is C19H19NO6. The molecule has 2 heterocycles. The minimum atomic E-state index is -1.05. The largest absolute Gasteiger partial charge is 0.486 e. The van der Waals surface area contributed by atoms with Crippen LogP contribution < -0.4 is 9.47 Å². The molecular weight excluding hydrogens is 338 g/mol. The van der Waals surface area contributed by atoms with Crippen molar-refractivity contribution in [3.8, 4) is 11.5 Å². The van der Waals surface area contributed by atoms with Gasteiger partial charge in [-0.25, -0.2) is 4.79 Å². The number of carboxylic acid groups (broad SMARTS) is 1. The van der Waals surface area contributed by atoms with Gasteiger partial charge in [0.2, 0.25) is 5.91 Å². The van der Waals surface area contributed by atoms with E-state index in [-0.39, 0.29) is 18.0 Å². The van der Waals surface area contributed by atoms with Gasteiger partial charge in [-0.3, -0.25) is 4.79 Å². The Morgan fingerprint density at radius 3 is 2.62 bits per heavy atom. The van der Waals surface area contributed by atoms with E-state index in [1.54, 1.807) is 26.1 Å². The van der Waals surface area contributed by atoms with E-state index in [1.165, 1.54) is 17.0 Å². The van der Waals surface area contributed by atoms with Gasteiger partial charge in [0.1, 0.15) is 30.3 Å². The highest BCUT2D eigenvalue weighted by Crippen LogP contribution is 2.31. The molecule has 0 saturated carbocycles. The third-order valence-electron chi connectivity index (χ3n) is 3.95. The van der Waals surface area contributed by atoms with Crippen LogP contribution in [0.4, 0.5) is 0 Å². The standard InChI is InChI=1S/C19H19NO6/c1-12-15(19(22)23)10-14(26-12)11-20(2)18(21)6-4-13-3-5-16-17(9-13)25-8-7-24-16/h3-6,9-10H,7-8,11H2,1-2H3,(H,22,23). The zero-order chi connectivity index (χ0) is 18.7. The van der Waals surface area contributed by atoms with Crippen molar-refractivity contribution in [1.82, 2.24) is 4.90 Å². The van der Waals surface area contributed by atoms with Crippen molar-refractivity contribution in [2.24, 2.45) is 0 Å². The molecule has 1 aliphatic rings. The first-order valence-electron chi connectivity index (χ1n) is 8.09. The molecule has 1 aromatic carbocycles. The maximum atomic E-state index is 12.3. The Labute approximate surface area is 150 Å². The quantitative estimate of drug-likeness (QED) is 0.828. The summed E-state index contributed by atoms with van der Waals surface area (Å²) < 4.78 is 16.4. The summed E-state index contributed by atoms with van der Waals surface area (Å²) in [5.41, 5.74) is 0.922. The second-order valence-electron chi connectivity index (χ2n) is 5.92. The molecule has 0 bridgehead atoms. The van der Waals surface area contributed by atoms with Crippen LogP contribution in [0.2, 0.25) is 0 Å². The fraction of sp³-hybridized carbons (Fsp3) is 0.263. The molecule has 0 aliphatic carbocycles. The van der Waals surface area contributed by atoms with Crippen molar-refractivity contribution in [3.05, 3.63) is 53.0 Å². The van der Waals surface area contributed by atoms with E-state index in [4.69, 9.17) is 19.0 Å². The van der Waals surface area contributed by atoms with Crippen LogP contribution in [0.5, 0.6) is 11.5 Å². The van der Waals surface area contributed by atoms with Crippen LogP contribution in [0.3, 0.4) is 0 Å². The first-order chi connectivity index (χ1) is 12.4. The van der Waals surface area contributed by atoms with Crippen molar-refractivity contribution < 1.29 is 28.6 Å². The Kier molecular flexibility index (Phi) is 4.97. The number of aromatic carboxylic acids is 1. The number of nitrogens with zero attached hydrogens (tertiary/aromatic N) is 1. The van der Waals surface area contributed by atoms with Crippen LogP contribution in [-0.4, -0.2) is 42.1 Å². The third kappa shape index (κ3) is 3.88. The highest BCUT2D eigenvalue weighted by molar-refractivity contribution is 5.92. The highest BCUT2D eigenvalue weighted by atomic mass is 16.6. The Hall–Kier alpha value is -3.22. The summed E-state index contributed by atoms with van der Waals surface area (Å²) in [4.78, 5) is 24.7. The fourth-order valence-electron chi connectivity index (χ4n) is 2.60. The summed E-state index contributed by atoms with van der Waals surface area (Å²) in [6.07, 6.45) is 3.13. The molecule has 136 valence electrons. The van der Waals surface area contributed by atoms with E-state index < -0.39 is 5.97 Å². The van der Waals surface area contributed by atoms with Gasteiger partial charge in [0.15, 0.2) is 11.5 Å². The van der Waals surface area contributed by atoms with Crippen LogP contribution in [0.25, 0.3) is 6.08 Å². The van der Waals surface area contributed by atoms with E-state index in [0.717, 1.165) is 5.56 Å². The SMILES string of the molecule is Cc1oc(CN(C)C(=O)C=Cc2ccc3c(c2)OCCO3)cc1C(=O)O. The number of carboxylic acids is 1. The van der Waals surface area contributed by atoms with Crippen molar-refractivity contribution in [1.29, 1.82) is 0 Å². The average Bonchev–Trinajstić information content (AvgIpc) is 2.99. The van der Waals surface area contributed by atoms with Crippen molar-refractivity contribution >= 4 is 18.0 Å². The Morgan fingerprint density at radius 2 is 1.92 bits per heavy atom. The van der Waals surface area contributed by atoms with Gasteiger partial charge in [0.25, 0.3) is 0 Å². The predicted octanol–water partition coefficient (Wildman–Crippen LogP) is 2.73. The minimum Gasteiger partial charge on any atom is -0.486 e. The Morgan fingerprint density at radius 1 is 1.19 bits per heavy atom. The molecule has 2 aromatic rings. The Bertz CT molecular complexity index is 867. The van der Waals surface area contributed by atoms with Crippen molar-refractivity contribution in [3.63, 3.8) is 0 Å². The Balaban J connectivity index is 1.64. The summed E-state index contributed by atoms with van der Waals surface area (Å²) in [5.74, 6) is 0.810. The predicted molar refractivity (Wildman–Crippen MR) is 93.3 cm³/mol. The molecule has 1 N–H and O–H groups in total. The molecule has 1 aromatic heterocycles. The second kappa shape index (κ2) is 7.35. The number of carbonyl (C=O) groups is 2. The van der Waals surface area contributed by atoms with Crippen LogP contribution in [0.15, 0.2) is 34.8 Å². The number of rotatable bonds is 5. The van der Waals surface area contributed by atoms with Crippen molar-refractivity contribution in [2.75, 3.05) is 20.3 Å². The van der Waals surface area contributed by atoms with Crippen molar-refractivity contribution in [2.45, 2.75) is 13.5 Å². The molecule has 7 nitrogen and oxygen atoms in total. The molecule has 0 unspecified atom stereocenters. The first-order valence-corrected chi connectivity index (χ1v) is 8.09. The molecule has 0 saturated heterocycles. The summed E-state index contributed by atoms with van der Waals surface area (Å²) >= 11 is 0. The van der Waals surface area contributed by atoms with E-state index in [1.807, 2.05) is 12.1 Å². The summed E-state index contributed by atoms with van der Waals surface area (Å²) in [5, 5.41) is 9.05. The van der Waals surface area contributed by atoms with Gasteiger partial charge >= 0.3 is 5.97 Å². The summed E-state index contributed by atoms with van der Waals surface area (Å²) in [6, 6.07) is 6.90. The number of carbonyl (C=O) groups excluding carboxylic acids is 1. The number of likely N-dealkylation sites (N-methyl/N-ethyl adjacent to an activating group) is 1.